The minimum atomic E-state index is -0.367. The minimum absolute atomic E-state index is 0.226. The van der Waals surface area contributed by atoms with Crippen LogP contribution in [0.3, 0.4) is 0 Å². The molecule has 0 unspecified atom stereocenters. The van der Waals surface area contributed by atoms with Crippen molar-refractivity contribution in [3.8, 4) is 11.6 Å². The summed E-state index contributed by atoms with van der Waals surface area (Å²) in [6.45, 7) is 0.226. The molecule has 1 aromatic carbocycles. The van der Waals surface area contributed by atoms with E-state index in [1.54, 1.807) is 0 Å². The summed E-state index contributed by atoms with van der Waals surface area (Å²) in [5, 5.41) is 0.248. The van der Waals surface area contributed by atoms with E-state index in [-0.39, 0.29) is 23.5 Å². The Kier molecular flexibility index (Phi) is 4.68. The molecule has 0 aliphatic carbocycles. The molecule has 0 spiro atoms. The molecule has 7 heteroatoms. The van der Waals surface area contributed by atoms with Gasteiger partial charge in [-0.1, -0.05) is 11.6 Å². The van der Waals surface area contributed by atoms with Crippen molar-refractivity contribution in [3.05, 3.63) is 45.5 Å². The maximum Gasteiger partial charge on any atom is 0.224 e. The number of nitrogens with zero attached hydrogens (tertiary/aromatic N) is 2. The van der Waals surface area contributed by atoms with E-state index in [4.69, 9.17) is 21.1 Å². The van der Waals surface area contributed by atoms with Gasteiger partial charge in [0.1, 0.15) is 23.3 Å². The Hall–Kier alpha value is -1.24. The topological polar surface area (TPSA) is 44.2 Å². The Labute approximate surface area is 122 Å². The lowest BCUT2D eigenvalue weighted by Crippen LogP contribution is -1.99. The van der Waals surface area contributed by atoms with Crippen LogP contribution in [0, 0.1) is 5.82 Å². The van der Waals surface area contributed by atoms with E-state index in [2.05, 4.69) is 25.9 Å². The fraction of sp³-hybridized carbons (Fsp3) is 0.167. The molecule has 2 aromatic rings. The van der Waals surface area contributed by atoms with Crippen LogP contribution in [0.4, 0.5) is 4.39 Å². The van der Waals surface area contributed by atoms with E-state index in [1.165, 1.54) is 31.4 Å². The van der Waals surface area contributed by atoms with Crippen molar-refractivity contribution in [2.75, 3.05) is 7.11 Å². The Morgan fingerprint density at radius 1 is 1.32 bits per heavy atom. The van der Waals surface area contributed by atoms with Gasteiger partial charge in [0.2, 0.25) is 5.88 Å². The second-order valence-electron chi connectivity index (χ2n) is 3.56. The summed E-state index contributed by atoms with van der Waals surface area (Å²) >= 11 is 8.93. The summed E-state index contributed by atoms with van der Waals surface area (Å²) < 4.78 is 23.8. The van der Waals surface area contributed by atoms with Crippen LogP contribution in [-0.4, -0.2) is 17.1 Å². The van der Waals surface area contributed by atoms with Crippen LogP contribution in [0.15, 0.2) is 28.7 Å². The van der Waals surface area contributed by atoms with Crippen molar-refractivity contribution in [2.24, 2.45) is 0 Å². The molecule has 0 atom stereocenters. The van der Waals surface area contributed by atoms with Gasteiger partial charge in [0.25, 0.3) is 0 Å². The molecular weight excluding hydrogens is 338 g/mol. The SMILES string of the molecule is COCc1nc(Cl)cc(Oc2ccc(F)c(Br)c2)n1. The van der Waals surface area contributed by atoms with Crippen LogP contribution in [0.2, 0.25) is 5.15 Å². The summed E-state index contributed by atoms with van der Waals surface area (Å²) in [5.74, 6) is 0.747. The lowest BCUT2D eigenvalue weighted by atomic mass is 10.3. The number of hydrogen-bond donors (Lipinski definition) is 0. The first kappa shape index (κ1) is 14.2. The van der Waals surface area contributed by atoms with Gasteiger partial charge in [0, 0.05) is 13.2 Å². The molecule has 0 fully saturated rings. The highest BCUT2D eigenvalue weighted by molar-refractivity contribution is 9.10. The Balaban J connectivity index is 2.24. The lowest BCUT2D eigenvalue weighted by Gasteiger charge is -2.07. The van der Waals surface area contributed by atoms with Crippen molar-refractivity contribution < 1.29 is 13.9 Å². The molecule has 100 valence electrons. The van der Waals surface area contributed by atoms with Gasteiger partial charge in [-0.05, 0) is 34.1 Å². The van der Waals surface area contributed by atoms with Crippen molar-refractivity contribution in [2.45, 2.75) is 6.61 Å². The number of methoxy groups -OCH3 is 1. The van der Waals surface area contributed by atoms with Gasteiger partial charge < -0.3 is 9.47 Å². The van der Waals surface area contributed by atoms with E-state index in [0.29, 0.717) is 16.0 Å². The fourth-order valence-corrected chi connectivity index (χ4v) is 1.90. The monoisotopic (exact) mass is 346 g/mol. The largest absolute Gasteiger partial charge is 0.439 e. The number of aromatic nitrogens is 2. The quantitative estimate of drug-likeness (QED) is 0.785. The van der Waals surface area contributed by atoms with E-state index in [1.807, 2.05) is 0 Å². The number of ether oxygens (including phenoxy) is 2. The van der Waals surface area contributed by atoms with Crippen molar-refractivity contribution in [1.82, 2.24) is 9.97 Å². The third-order valence-corrected chi connectivity index (χ3v) is 2.91. The molecule has 0 saturated heterocycles. The Bertz CT molecular complexity index is 598. The zero-order valence-electron chi connectivity index (χ0n) is 9.86. The van der Waals surface area contributed by atoms with Gasteiger partial charge >= 0.3 is 0 Å². The second-order valence-corrected chi connectivity index (χ2v) is 4.80. The normalized spacial score (nSPS) is 10.5. The predicted molar refractivity (Wildman–Crippen MR) is 71.9 cm³/mol. The summed E-state index contributed by atoms with van der Waals surface area (Å²) in [5.41, 5.74) is 0. The van der Waals surface area contributed by atoms with E-state index in [9.17, 15) is 4.39 Å². The summed E-state index contributed by atoms with van der Waals surface area (Å²) in [4.78, 5) is 8.10. The highest BCUT2D eigenvalue weighted by Crippen LogP contribution is 2.26. The molecule has 0 bridgehead atoms. The number of halogens is 3. The van der Waals surface area contributed by atoms with Crippen LogP contribution >= 0.6 is 27.5 Å². The van der Waals surface area contributed by atoms with Gasteiger partial charge in [-0.2, -0.15) is 4.98 Å². The lowest BCUT2D eigenvalue weighted by molar-refractivity contribution is 0.177. The smallest absolute Gasteiger partial charge is 0.224 e. The van der Waals surface area contributed by atoms with E-state index >= 15 is 0 Å². The van der Waals surface area contributed by atoms with Crippen molar-refractivity contribution in [3.63, 3.8) is 0 Å². The molecule has 2 rings (SSSR count). The molecule has 0 radical (unpaired) electrons. The van der Waals surface area contributed by atoms with Crippen LogP contribution in [-0.2, 0) is 11.3 Å². The Morgan fingerprint density at radius 2 is 2.11 bits per heavy atom. The molecule has 0 N–H and O–H groups in total. The molecule has 19 heavy (non-hydrogen) atoms. The Morgan fingerprint density at radius 3 is 2.79 bits per heavy atom. The number of hydrogen-bond acceptors (Lipinski definition) is 4. The molecule has 4 nitrogen and oxygen atoms in total. The molecule has 0 amide bonds. The average Bonchev–Trinajstić information content (AvgIpc) is 2.33. The highest BCUT2D eigenvalue weighted by Gasteiger charge is 2.07. The summed E-state index contributed by atoms with van der Waals surface area (Å²) in [6, 6.07) is 5.75. The molecule has 1 heterocycles. The van der Waals surface area contributed by atoms with Gasteiger partial charge in [-0.15, -0.1) is 0 Å². The minimum Gasteiger partial charge on any atom is -0.439 e. The molecular formula is C12H9BrClFN2O2. The molecule has 0 aliphatic heterocycles. The third kappa shape index (κ3) is 3.86. The first-order valence-corrected chi connectivity index (χ1v) is 6.41. The van der Waals surface area contributed by atoms with Crippen LogP contribution < -0.4 is 4.74 Å². The average molecular weight is 348 g/mol. The van der Waals surface area contributed by atoms with Gasteiger partial charge in [0.15, 0.2) is 5.82 Å². The third-order valence-electron chi connectivity index (χ3n) is 2.10. The first-order chi connectivity index (χ1) is 9.08. The summed E-state index contributed by atoms with van der Waals surface area (Å²) in [7, 11) is 1.53. The van der Waals surface area contributed by atoms with Gasteiger partial charge in [-0.3, -0.25) is 0 Å². The van der Waals surface area contributed by atoms with E-state index in [0.717, 1.165) is 0 Å². The standard InChI is InChI=1S/C12H9BrClFN2O2/c1-18-6-11-16-10(14)5-12(17-11)19-7-2-3-9(15)8(13)4-7/h2-5H,6H2,1H3. The van der Waals surface area contributed by atoms with Crippen molar-refractivity contribution >= 4 is 27.5 Å². The predicted octanol–water partition coefficient (Wildman–Crippen LogP) is 3.97. The van der Waals surface area contributed by atoms with Crippen LogP contribution in [0.5, 0.6) is 11.6 Å². The van der Waals surface area contributed by atoms with Gasteiger partial charge in [-0.25, -0.2) is 9.37 Å². The number of benzene rings is 1. The second kappa shape index (κ2) is 6.27. The highest BCUT2D eigenvalue weighted by atomic mass is 79.9. The summed E-state index contributed by atoms with van der Waals surface area (Å²) in [6.07, 6.45) is 0. The molecule has 0 aliphatic rings. The van der Waals surface area contributed by atoms with E-state index < -0.39 is 0 Å². The van der Waals surface area contributed by atoms with Gasteiger partial charge in [0.05, 0.1) is 4.47 Å². The number of rotatable bonds is 4. The zero-order valence-corrected chi connectivity index (χ0v) is 12.2. The zero-order chi connectivity index (χ0) is 13.8. The van der Waals surface area contributed by atoms with Crippen LogP contribution in [0.25, 0.3) is 0 Å². The maximum absolute atomic E-state index is 13.1. The van der Waals surface area contributed by atoms with Crippen molar-refractivity contribution in [1.29, 1.82) is 0 Å². The van der Waals surface area contributed by atoms with Crippen LogP contribution in [0.1, 0.15) is 5.82 Å². The fourth-order valence-electron chi connectivity index (χ4n) is 1.35. The molecule has 0 saturated carbocycles. The molecule has 1 aromatic heterocycles. The maximum atomic E-state index is 13.1. The first-order valence-electron chi connectivity index (χ1n) is 5.24.